The Hall–Kier alpha value is -1.84. The molecule has 2 saturated heterocycles. The van der Waals surface area contributed by atoms with Crippen LogP contribution in [0.4, 0.5) is 0 Å². The molecule has 2 N–H and O–H groups in total. The number of aliphatic imine (C=N–C) groups is 1. The van der Waals surface area contributed by atoms with Gasteiger partial charge < -0.3 is 15.4 Å². The fourth-order valence-electron chi connectivity index (χ4n) is 4.07. The van der Waals surface area contributed by atoms with E-state index in [-0.39, 0.29) is 11.8 Å². The predicted octanol–water partition coefficient (Wildman–Crippen LogP) is 1.42. The molecule has 0 saturated carbocycles. The molecule has 2 aliphatic heterocycles. The van der Waals surface area contributed by atoms with Crippen LogP contribution >= 0.6 is 0 Å². The molecule has 2 fully saturated rings. The van der Waals surface area contributed by atoms with Crippen molar-refractivity contribution in [1.29, 1.82) is 0 Å². The van der Waals surface area contributed by atoms with Crippen molar-refractivity contribution in [2.45, 2.75) is 32.2 Å². The number of hydrogen-bond donors (Lipinski definition) is 2. The van der Waals surface area contributed by atoms with Gasteiger partial charge in [0.25, 0.3) is 0 Å². The summed E-state index contributed by atoms with van der Waals surface area (Å²) in [6.07, 6.45) is 3.16. The first kappa shape index (κ1) is 22.8. The number of guanidine groups is 1. The summed E-state index contributed by atoms with van der Waals surface area (Å²) in [6.45, 7) is 7.24. The number of nitrogens with zero attached hydrogens (tertiary/aromatic N) is 3. The highest BCUT2D eigenvalue weighted by Crippen LogP contribution is 2.27. The van der Waals surface area contributed by atoms with Crippen molar-refractivity contribution in [1.82, 2.24) is 19.8 Å². The van der Waals surface area contributed by atoms with Crippen LogP contribution in [0, 0.1) is 0 Å². The zero-order valence-corrected chi connectivity index (χ0v) is 19.0. The molecule has 8 nitrogen and oxygen atoms in total. The molecule has 0 radical (unpaired) electrons. The molecule has 0 bridgehead atoms. The largest absolute Gasteiger partial charge is 0.497 e. The molecule has 9 heteroatoms. The summed E-state index contributed by atoms with van der Waals surface area (Å²) in [5.41, 5.74) is 1.24. The number of methoxy groups -OCH3 is 1. The lowest BCUT2D eigenvalue weighted by molar-refractivity contribution is 0.251. The maximum absolute atomic E-state index is 12.0. The van der Waals surface area contributed by atoms with Crippen LogP contribution in [0.3, 0.4) is 0 Å². The van der Waals surface area contributed by atoms with Gasteiger partial charge in [-0.1, -0.05) is 12.1 Å². The van der Waals surface area contributed by atoms with Crippen LogP contribution in [0.5, 0.6) is 5.75 Å². The summed E-state index contributed by atoms with van der Waals surface area (Å²) >= 11 is 0. The van der Waals surface area contributed by atoms with E-state index < -0.39 is 10.0 Å². The molecular weight excluding hydrogens is 402 g/mol. The number of sulfonamides is 1. The van der Waals surface area contributed by atoms with Crippen molar-refractivity contribution in [2.24, 2.45) is 4.99 Å². The van der Waals surface area contributed by atoms with Crippen molar-refractivity contribution in [2.75, 3.05) is 58.7 Å². The fraction of sp³-hybridized carbons (Fsp3) is 0.667. The van der Waals surface area contributed by atoms with E-state index in [1.165, 1.54) is 18.4 Å². The molecule has 30 heavy (non-hydrogen) atoms. The molecule has 1 atom stereocenters. The van der Waals surface area contributed by atoms with Gasteiger partial charge in [-0.2, -0.15) is 0 Å². The number of benzene rings is 1. The Labute approximate surface area is 180 Å². The maximum atomic E-state index is 12.0. The Bertz CT molecular complexity index is 791. The lowest BCUT2D eigenvalue weighted by atomic mass is 10.1. The second kappa shape index (κ2) is 11.0. The third-order valence-corrected chi connectivity index (χ3v) is 7.66. The summed E-state index contributed by atoms with van der Waals surface area (Å²) < 4.78 is 30.8. The molecule has 2 aliphatic rings. The minimum atomic E-state index is -3.06. The van der Waals surface area contributed by atoms with Crippen molar-refractivity contribution in [3.8, 4) is 5.75 Å². The first-order valence-electron chi connectivity index (χ1n) is 10.9. The summed E-state index contributed by atoms with van der Waals surface area (Å²) in [5.74, 6) is 1.85. The first-order chi connectivity index (χ1) is 14.5. The number of likely N-dealkylation sites (tertiary alicyclic amines) is 1. The molecule has 0 spiro atoms. The Morgan fingerprint density at radius 3 is 2.47 bits per heavy atom. The number of nitrogens with one attached hydrogen (secondary N) is 2. The average Bonchev–Trinajstić information content (AvgIpc) is 3.38. The van der Waals surface area contributed by atoms with Crippen LogP contribution < -0.4 is 15.4 Å². The van der Waals surface area contributed by atoms with E-state index >= 15 is 0 Å². The monoisotopic (exact) mass is 437 g/mol. The summed E-state index contributed by atoms with van der Waals surface area (Å²) in [5, 5.41) is 6.57. The number of rotatable bonds is 9. The van der Waals surface area contributed by atoms with Crippen LogP contribution in [-0.2, 0) is 10.0 Å². The Morgan fingerprint density at radius 2 is 1.87 bits per heavy atom. The molecule has 1 unspecified atom stereocenters. The molecule has 0 amide bonds. The number of ether oxygens (including phenoxy) is 1. The third-order valence-electron chi connectivity index (χ3n) is 5.71. The second-order valence-electron chi connectivity index (χ2n) is 7.75. The zero-order chi connectivity index (χ0) is 21.4. The van der Waals surface area contributed by atoms with Crippen LogP contribution in [-0.4, -0.2) is 82.3 Å². The highest BCUT2D eigenvalue weighted by Gasteiger charge is 2.27. The molecule has 1 aromatic rings. The van der Waals surface area contributed by atoms with Gasteiger partial charge in [0.1, 0.15) is 5.75 Å². The van der Waals surface area contributed by atoms with Crippen LogP contribution in [0.25, 0.3) is 0 Å². The highest BCUT2D eigenvalue weighted by molar-refractivity contribution is 7.89. The second-order valence-corrected chi connectivity index (χ2v) is 9.84. The molecule has 1 aromatic carbocycles. The quantitative estimate of drug-likeness (QED) is 0.449. The molecule has 0 aliphatic carbocycles. The van der Waals surface area contributed by atoms with Gasteiger partial charge in [-0.3, -0.25) is 9.89 Å². The molecule has 3 rings (SSSR count). The van der Waals surface area contributed by atoms with Gasteiger partial charge in [0.2, 0.25) is 10.0 Å². The lowest BCUT2D eigenvalue weighted by Gasteiger charge is -2.27. The van der Waals surface area contributed by atoms with E-state index in [1.54, 1.807) is 11.4 Å². The SMILES string of the molecule is CCNC(=NCC(c1ccc(OC)cc1)N1CCCC1)NCCN1CCCS1(=O)=O. The van der Waals surface area contributed by atoms with E-state index in [4.69, 9.17) is 9.73 Å². The highest BCUT2D eigenvalue weighted by atomic mass is 32.2. The topological polar surface area (TPSA) is 86.3 Å². The molecule has 0 aromatic heterocycles. The zero-order valence-electron chi connectivity index (χ0n) is 18.1. The van der Waals surface area contributed by atoms with E-state index in [1.807, 2.05) is 19.1 Å². The minimum Gasteiger partial charge on any atom is -0.497 e. The summed E-state index contributed by atoms with van der Waals surface area (Å²) in [6, 6.07) is 8.46. The van der Waals surface area contributed by atoms with Crippen molar-refractivity contribution in [3.63, 3.8) is 0 Å². The third kappa shape index (κ3) is 6.09. The van der Waals surface area contributed by atoms with Gasteiger partial charge in [-0.25, -0.2) is 12.7 Å². The van der Waals surface area contributed by atoms with Gasteiger partial charge in [0.05, 0.1) is 25.4 Å². The van der Waals surface area contributed by atoms with Crippen LogP contribution in [0.2, 0.25) is 0 Å². The lowest BCUT2D eigenvalue weighted by Crippen LogP contribution is -2.42. The molecule has 2 heterocycles. The van der Waals surface area contributed by atoms with Crippen LogP contribution in [0.1, 0.15) is 37.8 Å². The van der Waals surface area contributed by atoms with Gasteiger partial charge in [-0.05, 0) is 57.0 Å². The fourth-order valence-corrected chi connectivity index (χ4v) is 5.60. The number of hydrogen-bond acceptors (Lipinski definition) is 5. The Balaban J connectivity index is 1.64. The minimum absolute atomic E-state index is 0.216. The molecular formula is C21H35N5O3S. The first-order valence-corrected chi connectivity index (χ1v) is 12.5. The molecule has 168 valence electrons. The van der Waals surface area contributed by atoms with Crippen molar-refractivity contribution in [3.05, 3.63) is 29.8 Å². The maximum Gasteiger partial charge on any atom is 0.214 e. The van der Waals surface area contributed by atoms with Crippen LogP contribution in [0.15, 0.2) is 29.3 Å². The van der Waals surface area contributed by atoms with Crippen molar-refractivity contribution < 1.29 is 13.2 Å². The Morgan fingerprint density at radius 1 is 1.13 bits per heavy atom. The van der Waals surface area contributed by atoms with Gasteiger partial charge in [-0.15, -0.1) is 0 Å². The van der Waals surface area contributed by atoms with Gasteiger partial charge in [0.15, 0.2) is 5.96 Å². The normalized spacial score (nSPS) is 20.9. The smallest absolute Gasteiger partial charge is 0.214 e. The van der Waals surface area contributed by atoms with E-state index in [0.29, 0.717) is 26.2 Å². The summed E-state index contributed by atoms with van der Waals surface area (Å²) in [7, 11) is -1.38. The Kier molecular flexibility index (Phi) is 8.35. The van der Waals surface area contributed by atoms with E-state index in [2.05, 4.69) is 27.7 Å². The average molecular weight is 438 g/mol. The van der Waals surface area contributed by atoms with E-state index in [0.717, 1.165) is 37.8 Å². The van der Waals surface area contributed by atoms with Gasteiger partial charge >= 0.3 is 0 Å². The van der Waals surface area contributed by atoms with Gasteiger partial charge in [0, 0.05) is 26.2 Å². The standard InChI is InChI=1S/C21H35N5O3S/c1-3-22-21(23-11-15-26-14-6-16-30(26,27)28)24-17-20(25-12-4-5-13-25)18-7-9-19(29-2)10-8-18/h7-10,20H,3-6,11-17H2,1-2H3,(H2,22,23,24). The van der Waals surface area contributed by atoms with Crippen molar-refractivity contribution >= 4 is 16.0 Å². The predicted molar refractivity (Wildman–Crippen MR) is 121 cm³/mol. The van der Waals surface area contributed by atoms with E-state index in [9.17, 15) is 8.42 Å². The summed E-state index contributed by atoms with van der Waals surface area (Å²) in [4.78, 5) is 7.32.